The third kappa shape index (κ3) is 4.56. The van der Waals surface area contributed by atoms with Crippen LogP contribution in [0.15, 0.2) is 71.7 Å². The van der Waals surface area contributed by atoms with Crippen molar-refractivity contribution >= 4 is 16.8 Å². The first-order chi connectivity index (χ1) is 15.6. The van der Waals surface area contributed by atoms with Crippen LogP contribution in [0.3, 0.4) is 0 Å². The fraction of sp³-hybridized carbons (Fsp3) is 0.240. The second-order valence-corrected chi connectivity index (χ2v) is 7.54. The van der Waals surface area contributed by atoms with Crippen molar-refractivity contribution < 1.29 is 9.53 Å². The van der Waals surface area contributed by atoms with Gasteiger partial charge in [0.05, 0.1) is 12.3 Å². The molecule has 32 heavy (non-hydrogen) atoms. The molecule has 0 radical (unpaired) electrons. The topological polar surface area (TPSA) is 89.0 Å². The van der Waals surface area contributed by atoms with Crippen LogP contribution in [-0.2, 0) is 11.2 Å². The van der Waals surface area contributed by atoms with Gasteiger partial charge in [-0.2, -0.15) is 5.10 Å². The monoisotopic (exact) mass is 430 g/mol. The zero-order valence-corrected chi connectivity index (χ0v) is 18.2. The minimum Gasteiger partial charge on any atom is -0.494 e. The fourth-order valence-electron chi connectivity index (χ4n) is 3.66. The number of fused-ring (bicyclic) bond motifs is 1. The Kier molecular flexibility index (Phi) is 6.35. The molecule has 0 fully saturated rings. The molecule has 0 spiro atoms. The third-order valence-electron chi connectivity index (χ3n) is 5.40. The van der Waals surface area contributed by atoms with E-state index < -0.39 is 6.04 Å². The number of aromatic amines is 1. The van der Waals surface area contributed by atoms with Crippen LogP contribution in [-0.4, -0.2) is 33.8 Å². The summed E-state index contributed by atoms with van der Waals surface area (Å²) >= 11 is 0. The lowest BCUT2D eigenvalue weighted by Crippen LogP contribution is -2.37. The molecule has 4 rings (SSSR count). The van der Waals surface area contributed by atoms with E-state index in [-0.39, 0.29) is 11.5 Å². The Morgan fingerprint density at radius 2 is 1.91 bits per heavy atom. The quantitative estimate of drug-likeness (QED) is 0.446. The van der Waals surface area contributed by atoms with Gasteiger partial charge in [-0.3, -0.25) is 9.59 Å². The molecule has 0 aliphatic rings. The van der Waals surface area contributed by atoms with E-state index in [1.165, 1.54) is 10.7 Å². The van der Waals surface area contributed by atoms with Crippen LogP contribution < -0.4 is 15.6 Å². The normalized spacial score (nSPS) is 11.9. The van der Waals surface area contributed by atoms with Gasteiger partial charge in [0.1, 0.15) is 11.8 Å². The molecule has 1 amide bonds. The summed E-state index contributed by atoms with van der Waals surface area (Å²) in [5.41, 5.74) is 3.35. The van der Waals surface area contributed by atoms with Gasteiger partial charge in [-0.1, -0.05) is 18.2 Å². The first-order valence-corrected chi connectivity index (χ1v) is 10.7. The molecule has 4 aromatic rings. The van der Waals surface area contributed by atoms with Crippen molar-refractivity contribution in [3.05, 3.63) is 82.8 Å². The highest BCUT2D eigenvalue weighted by Gasteiger charge is 2.18. The second-order valence-electron chi connectivity index (χ2n) is 7.54. The van der Waals surface area contributed by atoms with E-state index in [1.54, 1.807) is 13.0 Å². The van der Waals surface area contributed by atoms with Crippen LogP contribution in [0.5, 0.6) is 5.75 Å². The second kappa shape index (κ2) is 9.51. The lowest BCUT2D eigenvalue weighted by atomic mass is 10.1. The SMILES string of the molecule is CCOc1ccc(-c2ccc(=O)n(C(C)C(=O)NCCc3c[nH]c4ccccc34)n2)cc1. The maximum Gasteiger partial charge on any atom is 0.267 e. The molecule has 2 aromatic heterocycles. The van der Waals surface area contributed by atoms with Gasteiger partial charge < -0.3 is 15.0 Å². The van der Waals surface area contributed by atoms with Crippen molar-refractivity contribution in [1.29, 1.82) is 0 Å². The average Bonchev–Trinajstić information content (AvgIpc) is 3.23. The number of carbonyl (C=O) groups is 1. The molecule has 0 aliphatic heterocycles. The molecule has 2 heterocycles. The largest absolute Gasteiger partial charge is 0.494 e. The molecule has 0 bridgehead atoms. The van der Waals surface area contributed by atoms with Crippen LogP contribution in [0.4, 0.5) is 0 Å². The number of aromatic nitrogens is 3. The number of hydrogen-bond acceptors (Lipinski definition) is 4. The van der Waals surface area contributed by atoms with Crippen molar-refractivity contribution in [3.8, 4) is 17.0 Å². The molecule has 1 atom stereocenters. The molecule has 2 N–H and O–H groups in total. The highest BCUT2D eigenvalue weighted by Crippen LogP contribution is 2.21. The summed E-state index contributed by atoms with van der Waals surface area (Å²) in [6.45, 7) is 4.67. The molecule has 164 valence electrons. The summed E-state index contributed by atoms with van der Waals surface area (Å²) in [5, 5.41) is 8.51. The first-order valence-electron chi connectivity index (χ1n) is 10.7. The van der Waals surface area contributed by atoms with Crippen molar-refractivity contribution in [2.75, 3.05) is 13.2 Å². The minimum absolute atomic E-state index is 0.247. The van der Waals surface area contributed by atoms with E-state index >= 15 is 0 Å². The molecule has 0 aliphatic carbocycles. The Labute approximate surface area is 186 Å². The lowest BCUT2D eigenvalue weighted by Gasteiger charge is -2.15. The molecule has 7 heteroatoms. The van der Waals surface area contributed by atoms with Gasteiger partial charge in [0.2, 0.25) is 5.91 Å². The minimum atomic E-state index is -0.729. The van der Waals surface area contributed by atoms with E-state index in [0.717, 1.165) is 27.8 Å². The Morgan fingerprint density at radius 3 is 2.69 bits per heavy atom. The van der Waals surface area contributed by atoms with E-state index in [2.05, 4.69) is 21.5 Å². The highest BCUT2D eigenvalue weighted by molar-refractivity contribution is 5.83. The van der Waals surface area contributed by atoms with Crippen molar-refractivity contribution in [3.63, 3.8) is 0 Å². The number of nitrogens with zero attached hydrogens (tertiary/aromatic N) is 2. The average molecular weight is 431 g/mol. The summed E-state index contributed by atoms with van der Waals surface area (Å²) < 4.78 is 6.70. The predicted molar refractivity (Wildman–Crippen MR) is 125 cm³/mol. The van der Waals surface area contributed by atoms with E-state index in [4.69, 9.17) is 4.74 Å². The molecular formula is C25H26N4O3. The number of benzene rings is 2. The van der Waals surface area contributed by atoms with Gasteiger partial charge in [-0.25, -0.2) is 4.68 Å². The van der Waals surface area contributed by atoms with Crippen LogP contribution in [0.25, 0.3) is 22.2 Å². The summed E-state index contributed by atoms with van der Waals surface area (Å²) in [4.78, 5) is 28.3. The molecular weight excluding hydrogens is 404 g/mol. The number of amides is 1. The predicted octanol–water partition coefficient (Wildman–Crippen LogP) is 3.71. The van der Waals surface area contributed by atoms with Gasteiger partial charge in [-0.05, 0) is 62.2 Å². The summed E-state index contributed by atoms with van der Waals surface area (Å²) in [7, 11) is 0. The third-order valence-corrected chi connectivity index (χ3v) is 5.40. The number of hydrogen-bond donors (Lipinski definition) is 2. The Balaban J connectivity index is 1.43. The Bertz CT molecular complexity index is 1270. The Morgan fingerprint density at radius 1 is 1.12 bits per heavy atom. The fourth-order valence-corrected chi connectivity index (χ4v) is 3.66. The lowest BCUT2D eigenvalue weighted by molar-refractivity contribution is -0.124. The van der Waals surface area contributed by atoms with Gasteiger partial charge in [0.25, 0.3) is 5.56 Å². The van der Waals surface area contributed by atoms with Crippen LogP contribution in [0.2, 0.25) is 0 Å². The summed E-state index contributed by atoms with van der Waals surface area (Å²) in [6.07, 6.45) is 2.66. The van der Waals surface area contributed by atoms with E-state index in [1.807, 2.05) is 55.6 Å². The van der Waals surface area contributed by atoms with Crippen LogP contribution in [0, 0.1) is 0 Å². The van der Waals surface area contributed by atoms with E-state index in [0.29, 0.717) is 25.3 Å². The van der Waals surface area contributed by atoms with Gasteiger partial charge >= 0.3 is 0 Å². The summed E-state index contributed by atoms with van der Waals surface area (Å²) in [5.74, 6) is 0.524. The smallest absolute Gasteiger partial charge is 0.267 e. The molecule has 0 saturated carbocycles. The number of ether oxygens (including phenoxy) is 1. The number of carbonyl (C=O) groups excluding carboxylic acids is 1. The van der Waals surface area contributed by atoms with E-state index in [9.17, 15) is 9.59 Å². The molecule has 2 aromatic carbocycles. The van der Waals surface area contributed by atoms with Gasteiger partial charge in [0, 0.05) is 35.3 Å². The van der Waals surface area contributed by atoms with Gasteiger partial charge in [-0.15, -0.1) is 0 Å². The van der Waals surface area contributed by atoms with Crippen LogP contribution >= 0.6 is 0 Å². The molecule has 0 saturated heterocycles. The Hall–Kier alpha value is -3.87. The highest BCUT2D eigenvalue weighted by atomic mass is 16.5. The van der Waals surface area contributed by atoms with Crippen molar-refractivity contribution in [2.24, 2.45) is 0 Å². The number of rotatable bonds is 8. The van der Waals surface area contributed by atoms with Gasteiger partial charge in [0.15, 0.2) is 0 Å². The summed E-state index contributed by atoms with van der Waals surface area (Å²) in [6, 6.07) is 17.9. The standard InChI is InChI=1S/C25H26N4O3/c1-3-32-20-10-8-18(9-11-20)22-12-13-24(30)29(28-22)17(2)25(31)26-15-14-19-16-27-23-7-5-4-6-21(19)23/h4-13,16-17,27H,3,14-15H2,1-2H3,(H,26,31). The zero-order valence-electron chi connectivity index (χ0n) is 18.2. The zero-order chi connectivity index (χ0) is 22.5. The first kappa shape index (κ1) is 21.4. The maximum atomic E-state index is 12.7. The molecule has 7 nitrogen and oxygen atoms in total. The van der Waals surface area contributed by atoms with Crippen LogP contribution in [0.1, 0.15) is 25.5 Å². The number of para-hydroxylation sites is 1. The molecule has 1 unspecified atom stereocenters. The number of nitrogens with one attached hydrogen (secondary N) is 2. The van der Waals surface area contributed by atoms with Crippen molar-refractivity contribution in [1.82, 2.24) is 20.1 Å². The maximum absolute atomic E-state index is 12.7. The van der Waals surface area contributed by atoms with Crippen molar-refractivity contribution in [2.45, 2.75) is 26.3 Å². The number of H-pyrrole nitrogens is 1.